The number of anilines is 1. The lowest BCUT2D eigenvalue weighted by Crippen LogP contribution is -2.31. The molecule has 1 unspecified atom stereocenters. The molecule has 1 aromatic carbocycles. The smallest absolute Gasteiger partial charge is 0.410 e. The summed E-state index contributed by atoms with van der Waals surface area (Å²) in [5.74, 6) is 1.37. The van der Waals surface area contributed by atoms with Crippen molar-refractivity contribution in [2.45, 2.75) is 39.3 Å². The van der Waals surface area contributed by atoms with Gasteiger partial charge in [-0.25, -0.2) is 19.7 Å². The van der Waals surface area contributed by atoms with Gasteiger partial charge in [-0.05, 0) is 44.4 Å². The molecule has 0 aliphatic carbocycles. The number of amides is 1. The highest BCUT2D eigenvalue weighted by Gasteiger charge is 2.37. The van der Waals surface area contributed by atoms with Crippen LogP contribution in [-0.4, -0.2) is 57.2 Å². The number of nitrogens with zero attached hydrogens (tertiary/aromatic N) is 4. The van der Waals surface area contributed by atoms with E-state index in [4.69, 9.17) is 21.1 Å². The number of rotatable bonds is 7. The van der Waals surface area contributed by atoms with Gasteiger partial charge in [0.05, 0.1) is 20.0 Å². The Morgan fingerprint density at radius 1 is 1.39 bits per heavy atom. The van der Waals surface area contributed by atoms with Gasteiger partial charge in [0.2, 0.25) is 0 Å². The Kier molecular flexibility index (Phi) is 5.86. The van der Waals surface area contributed by atoms with E-state index in [1.54, 1.807) is 18.3 Å². The van der Waals surface area contributed by atoms with Crippen LogP contribution in [0.5, 0.6) is 5.75 Å². The van der Waals surface area contributed by atoms with Crippen molar-refractivity contribution in [1.29, 1.82) is 0 Å². The Hall–Kier alpha value is -3.07. The van der Waals surface area contributed by atoms with Crippen molar-refractivity contribution in [3.63, 3.8) is 0 Å². The lowest BCUT2D eigenvalue weighted by molar-refractivity contribution is 0.128. The lowest BCUT2D eigenvalue weighted by Gasteiger charge is -2.21. The molecule has 10 heteroatoms. The summed E-state index contributed by atoms with van der Waals surface area (Å²) >= 11 is 6.56. The fourth-order valence-electron chi connectivity index (χ4n) is 3.88. The van der Waals surface area contributed by atoms with Crippen molar-refractivity contribution in [2.75, 3.05) is 25.5 Å². The molecule has 1 amide bonds. The first-order valence-corrected chi connectivity index (χ1v) is 10.5. The fraction of sp³-hybridized carbons (Fsp3) is 0.429. The van der Waals surface area contributed by atoms with Gasteiger partial charge in [-0.3, -0.25) is 0 Å². The number of fused-ring (bicyclic) bond motifs is 1. The number of nitrogens with one attached hydrogen (secondary N) is 2. The topological polar surface area (TPSA) is 105 Å². The Labute approximate surface area is 185 Å². The maximum atomic E-state index is 12.3. The van der Waals surface area contributed by atoms with Gasteiger partial charge in [0.15, 0.2) is 17.6 Å². The van der Waals surface area contributed by atoms with Gasteiger partial charge < -0.3 is 24.7 Å². The number of carbonyl (C=O) groups excluding carboxylic acids is 1. The van der Waals surface area contributed by atoms with Gasteiger partial charge in [-0.2, -0.15) is 0 Å². The van der Waals surface area contributed by atoms with Crippen LogP contribution in [0.3, 0.4) is 0 Å². The van der Waals surface area contributed by atoms with Gasteiger partial charge in [0, 0.05) is 23.2 Å². The highest BCUT2D eigenvalue weighted by Crippen LogP contribution is 2.41. The Bertz CT molecular complexity index is 1120. The second-order valence-corrected chi connectivity index (χ2v) is 8.12. The van der Waals surface area contributed by atoms with Crippen LogP contribution < -0.4 is 10.1 Å². The van der Waals surface area contributed by atoms with Crippen molar-refractivity contribution in [1.82, 2.24) is 24.8 Å². The highest BCUT2D eigenvalue weighted by molar-refractivity contribution is 6.31. The largest absolute Gasteiger partial charge is 0.496 e. The number of H-pyrrole nitrogens is 1. The van der Waals surface area contributed by atoms with E-state index in [9.17, 15) is 4.79 Å². The van der Waals surface area contributed by atoms with Crippen molar-refractivity contribution in [3.8, 4) is 5.75 Å². The summed E-state index contributed by atoms with van der Waals surface area (Å²) in [5.41, 5.74) is 3.96. The SMILES string of the molecule is COc1c(CCNc2ncnc3nc[nH]c23)cc(Cl)c(C)c1C1CN(C(C)C)C(=O)O1. The number of aromatic nitrogens is 4. The first-order chi connectivity index (χ1) is 14.9. The second kappa shape index (κ2) is 8.58. The normalized spacial score (nSPS) is 16.3. The van der Waals surface area contributed by atoms with E-state index in [1.165, 1.54) is 6.33 Å². The van der Waals surface area contributed by atoms with Gasteiger partial charge in [0.25, 0.3) is 0 Å². The molecule has 0 saturated carbocycles. The molecule has 9 nitrogen and oxygen atoms in total. The summed E-state index contributed by atoms with van der Waals surface area (Å²) in [5, 5.41) is 3.92. The second-order valence-electron chi connectivity index (χ2n) is 7.71. The number of cyclic esters (lactones) is 1. The summed E-state index contributed by atoms with van der Waals surface area (Å²) in [4.78, 5) is 29.6. The van der Waals surface area contributed by atoms with Gasteiger partial charge in [-0.1, -0.05) is 11.6 Å². The zero-order valence-electron chi connectivity index (χ0n) is 17.9. The Morgan fingerprint density at radius 3 is 2.90 bits per heavy atom. The third-order valence-electron chi connectivity index (χ3n) is 5.50. The number of methoxy groups -OCH3 is 1. The van der Waals surface area contributed by atoms with E-state index in [0.29, 0.717) is 41.7 Å². The minimum absolute atomic E-state index is 0.0545. The monoisotopic (exact) mass is 444 g/mol. The molecule has 1 saturated heterocycles. The number of hydrogen-bond donors (Lipinski definition) is 2. The van der Waals surface area contributed by atoms with Crippen molar-refractivity contribution < 1.29 is 14.3 Å². The van der Waals surface area contributed by atoms with Crippen molar-refractivity contribution in [2.24, 2.45) is 0 Å². The number of benzene rings is 1. The van der Waals surface area contributed by atoms with Crippen LogP contribution in [0.15, 0.2) is 18.7 Å². The molecule has 3 aromatic rings. The van der Waals surface area contributed by atoms with Crippen molar-refractivity contribution in [3.05, 3.63) is 40.4 Å². The number of aromatic amines is 1. The number of carbonyl (C=O) groups is 1. The summed E-state index contributed by atoms with van der Waals surface area (Å²) in [6.07, 6.45) is 2.94. The van der Waals surface area contributed by atoms with Crippen LogP contribution in [0.4, 0.5) is 10.6 Å². The van der Waals surface area contributed by atoms with E-state index in [2.05, 4.69) is 25.3 Å². The lowest BCUT2D eigenvalue weighted by atomic mass is 9.96. The molecule has 0 radical (unpaired) electrons. The number of halogens is 1. The highest BCUT2D eigenvalue weighted by atomic mass is 35.5. The van der Waals surface area contributed by atoms with Gasteiger partial charge in [-0.15, -0.1) is 0 Å². The number of imidazole rings is 1. The zero-order chi connectivity index (χ0) is 22.1. The summed E-state index contributed by atoms with van der Waals surface area (Å²) in [6, 6.07) is 1.96. The van der Waals surface area contributed by atoms with Crippen molar-refractivity contribution >= 4 is 34.7 Å². The fourth-order valence-corrected chi connectivity index (χ4v) is 4.11. The average Bonchev–Trinajstić information content (AvgIpc) is 3.37. The predicted octanol–water partition coefficient (Wildman–Crippen LogP) is 3.88. The standard InChI is InChI=1S/C21H25ClN6O3/c1-11(2)28-8-15(31-21(28)29)16-12(3)14(22)7-13(18(16)30-4)5-6-23-19-17-20(25-9-24-17)27-10-26-19/h7,9-11,15H,5-6,8H2,1-4H3,(H2,23,24,25,26,27). The van der Waals surface area contributed by atoms with E-state index in [0.717, 1.165) is 22.2 Å². The van der Waals surface area contributed by atoms with Crippen LogP contribution in [-0.2, 0) is 11.2 Å². The van der Waals surface area contributed by atoms with E-state index >= 15 is 0 Å². The molecule has 31 heavy (non-hydrogen) atoms. The van der Waals surface area contributed by atoms with Crippen LogP contribution >= 0.6 is 11.6 Å². The first kappa shape index (κ1) is 21.2. The van der Waals surface area contributed by atoms with Crippen LogP contribution in [0.1, 0.15) is 36.6 Å². The third-order valence-corrected chi connectivity index (χ3v) is 5.89. The minimum Gasteiger partial charge on any atom is -0.496 e. The zero-order valence-corrected chi connectivity index (χ0v) is 18.7. The molecular weight excluding hydrogens is 420 g/mol. The van der Waals surface area contributed by atoms with Gasteiger partial charge in [0.1, 0.15) is 17.6 Å². The molecule has 4 rings (SSSR count). The average molecular weight is 445 g/mol. The van der Waals surface area contributed by atoms with E-state index < -0.39 is 6.10 Å². The Balaban J connectivity index is 1.58. The van der Waals surface area contributed by atoms with Gasteiger partial charge >= 0.3 is 6.09 Å². The maximum Gasteiger partial charge on any atom is 0.410 e. The molecule has 2 aromatic heterocycles. The molecule has 0 spiro atoms. The van der Waals surface area contributed by atoms with E-state index in [1.807, 2.05) is 26.8 Å². The maximum absolute atomic E-state index is 12.3. The predicted molar refractivity (Wildman–Crippen MR) is 118 cm³/mol. The summed E-state index contributed by atoms with van der Waals surface area (Å²) in [7, 11) is 1.62. The molecule has 164 valence electrons. The van der Waals surface area contributed by atoms with E-state index in [-0.39, 0.29) is 12.1 Å². The molecule has 1 fully saturated rings. The minimum atomic E-state index is -0.429. The molecule has 1 aliphatic rings. The quantitative estimate of drug-likeness (QED) is 0.569. The molecule has 1 atom stereocenters. The molecule has 1 aliphatic heterocycles. The third kappa shape index (κ3) is 3.97. The number of ether oxygens (including phenoxy) is 2. The van der Waals surface area contributed by atoms with Crippen LogP contribution in [0, 0.1) is 6.92 Å². The number of hydrogen-bond acceptors (Lipinski definition) is 7. The molecule has 2 N–H and O–H groups in total. The molecular formula is C21H25ClN6O3. The first-order valence-electron chi connectivity index (χ1n) is 10.1. The Morgan fingerprint density at radius 2 is 2.19 bits per heavy atom. The van der Waals surface area contributed by atoms with Crippen LogP contribution in [0.2, 0.25) is 5.02 Å². The summed E-state index contributed by atoms with van der Waals surface area (Å²) < 4.78 is 11.5. The summed E-state index contributed by atoms with van der Waals surface area (Å²) in [6.45, 7) is 6.90. The van der Waals surface area contributed by atoms with Crippen LogP contribution in [0.25, 0.3) is 11.2 Å². The molecule has 0 bridgehead atoms. The molecule has 3 heterocycles.